The number of hydrogen-bond donors (Lipinski definition) is 1. The van der Waals surface area contributed by atoms with Crippen molar-refractivity contribution in [1.82, 2.24) is 0 Å². The molecule has 0 fully saturated rings. The number of nitro groups is 1. The third-order valence-electron chi connectivity index (χ3n) is 4.93. The minimum Gasteiger partial charge on any atom is -1.00 e. The molecular formula is C19H20BrN3O3S. The summed E-state index contributed by atoms with van der Waals surface area (Å²) in [5.41, 5.74) is 1.75. The number of amidine groups is 1. The molecule has 2 aromatic rings. The van der Waals surface area contributed by atoms with Crippen LogP contribution >= 0.6 is 11.8 Å². The summed E-state index contributed by atoms with van der Waals surface area (Å²) < 4.78 is 2.03. The van der Waals surface area contributed by atoms with Crippen LogP contribution in [0.4, 0.5) is 11.4 Å². The van der Waals surface area contributed by atoms with Crippen molar-refractivity contribution in [1.29, 1.82) is 0 Å². The molecule has 2 aliphatic heterocycles. The number of nitrogens with zero attached hydrogens (tertiary/aromatic N) is 3. The Labute approximate surface area is 172 Å². The van der Waals surface area contributed by atoms with Crippen molar-refractivity contribution in [3.05, 3.63) is 69.8 Å². The quantitative estimate of drug-likeness (QED) is 0.408. The van der Waals surface area contributed by atoms with E-state index in [0.29, 0.717) is 12.1 Å². The number of thioether (sulfide) groups is 1. The first-order valence-electron chi connectivity index (χ1n) is 8.58. The predicted octanol–water partition coefficient (Wildman–Crippen LogP) is 0.0779. The van der Waals surface area contributed by atoms with E-state index < -0.39 is 10.6 Å². The molecule has 2 aliphatic rings. The molecular weight excluding hydrogens is 430 g/mol. The molecule has 142 valence electrons. The summed E-state index contributed by atoms with van der Waals surface area (Å²) in [6, 6.07) is 14.5. The van der Waals surface area contributed by atoms with Crippen molar-refractivity contribution < 1.29 is 31.6 Å². The third kappa shape index (κ3) is 3.49. The highest BCUT2D eigenvalue weighted by Gasteiger charge is 2.53. The van der Waals surface area contributed by atoms with Crippen LogP contribution in [0, 0.1) is 17.0 Å². The Balaban J connectivity index is 0.00000210. The van der Waals surface area contributed by atoms with Crippen LogP contribution in [-0.4, -0.2) is 38.6 Å². The highest BCUT2D eigenvalue weighted by atomic mass is 79.9. The van der Waals surface area contributed by atoms with Crippen LogP contribution in [0.25, 0.3) is 0 Å². The van der Waals surface area contributed by atoms with Gasteiger partial charge in [0.05, 0.1) is 11.5 Å². The van der Waals surface area contributed by atoms with Crippen molar-refractivity contribution in [2.75, 3.05) is 23.7 Å². The Bertz CT molecular complexity index is 886. The van der Waals surface area contributed by atoms with Gasteiger partial charge >= 0.3 is 5.17 Å². The van der Waals surface area contributed by atoms with Gasteiger partial charge in [0, 0.05) is 23.4 Å². The first-order valence-corrected chi connectivity index (χ1v) is 9.56. The number of anilines is 1. The van der Waals surface area contributed by atoms with Crippen LogP contribution in [0.15, 0.2) is 48.5 Å². The standard InChI is InChI=1S/C19H20N3O3S.BrH/c1-14-3-7-16(8-4-14)20-13-19(23,21-11-2-12-26-18(20)21)15-5-9-17(10-6-15)22(24)25;/h3-10,23H,2,11-13H2,1H3;1H/q+1;/p-1. The number of rotatable bonds is 3. The summed E-state index contributed by atoms with van der Waals surface area (Å²) in [6.07, 6.45) is 0.991. The maximum absolute atomic E-state index is 11.6. The van der Waals surface area contributed by atoms with E-state index in [-0.39, 0.29) is 22.7 Å². The average Bonchev–Trinajstić information content (AvgIpc) is 2.97. The van der Waals surface area contributed by atoms with Gasteiger partial charge in [-0.25, -0.2) is 9.48 Å². The van der Waals surface area contributed by atoms with Crippen molar-refractivity contribution in [3.8, 4) is 0 Å². The topological polar surface area (TPSA) is 69.6 Å². The SMILES string of the molecule is Cc1ccc(N2CC(O)(c3ccc([N+](=O)[O-])cc3)[N+]3=C2SCCC3)cc1.[Br-]. The Morgan fingerprint density at radius 3 is 2.48 bits per heavy atom. The van der Waals surface area contributed by atoms with Gasteiger partial charge in [0.15, 0.2) is 6.54 Å². The summed E-state index contributed by atoms with van der Waals surface area (Å²) in [5, 5.41) is 23.5. The maximum atomic E-state index is 11.6. The smallest absolute Gasteiger partial charge is 0.316 e. The van der Waals surface area contributed by atoms with E-state index in [1.807, 2.05) is 4.58 Å². The van der Waals surface area contributed by atoms with Crippen LogP contribution in [-0.2, 0) is 5.72 Å². The molecule has 0 saturated heterocycles. The zero-order valence-corrected chi connectivity index (χ0v) is 17.2. The van der Waals surface area contributed by atoms with E-state index in [9.17, 15) is 15.2 Å². The van der Waals surface area contributed by atoms with E-state index in [0.717, 1.165) is 29.6 Å². The molecule has 0 amide bonds. The van der Waals surface area contributed by atoms with Crippen molar-refractivity contribution in [2.24, 2.45) is 0 Å². The lowest BCUT2D eigenvalue weighted by Gasteiger charge is -2.24. The third-order valence-corrected chi connectivity index (χ3v) is 6.12. The first kappa shape index (κ1) is 19.9. The summed E-state index contributed by atoms with van der Waals surface area (Å²) in [4.78, 5) is 12.6. The Morgan fingerprint density at radius 1 is 1.19 bits per heavy atom. The fraction of sp³-hybridized carbons (Fsp3) is 0.316. The van der Waals surface area contributed by atoms with Gasteiger partial charge in [-0.15, -0.1) is 0 Å². The number of hydrogen-bond acceptors (Lipinski definition) is 5. The minimum atomic E-state index is -1.19. The molecule has 0 aliphatic carbocycles. The highest BCUT2D eigenvalue weighted by Crippen LogP contribution is 2.38. The second kappa shape index (κ2) is 7.61. The van der Waals surface area contributed by atoms with E-state index in [1.165, 1.54) is 17.7 Å². The molecule has 27 heavy (non-hydrogen) atoms. The number of nitro benzene ring substituents is 1. The second-order valence-corrected chi connectivity index (χ2v) is 7.74. The van der Waals surface area contributed by atoms with Gasteiger partial charge in [0.25, 0.3) is 11.4 Å². The van der Waals surface area contributed by atoms with Gasteiger partial charge in [0.2, 0.25) is 0 Å². The molecule has 6 nitrogen and oxygen atoms in total. The summed E-state index contributed by atoms with van der Waals surface area (Å²) in [7, 11) is 0. The van der Waals surface area contributed by atoms with Crippen LogP contribution in [0.3, 0.4) is 0 Å². The van der Waals surface area contributed by atoms with Crippen LogP contribution in [0.2, 0.25) is 0 Å². The predicted molar refractivity (Wildman–Crippen MR) is 103 cm³/mol. The maximum Gasteiger partial charge on any atom is 0.316 e. The molecule has 0 bridgehead atoms. The Kier molecular flexibility index (Phi) is 5.60. The number of non-ortho nitro benzene ring substituents is 1. The fourth-order valence-electron chi connectivity index (χ4n) is 3.52. The monoisotopic (exact) mass is 449 g/mol. The molecule has 2 heterocycles. The molecule has 4 rings (SSSR count). The van der Waals surface area contributed by atoms with Crippen molar-refractivity contribution >= 4 is 28.3 Å². The number of benzene rings is 2. The normalized spacial score (nSPS) is 21.6. The molecule has 0 saturated carbocycles. The number of aliphatic hydroxyl groups is 1. The van der Waals surface area contributed by atoms with E-state index in [1.54, 1.807) is 23.9 Å². The minimum absolute atomic E-state index is 0. The van der Waals surface area contributed by atoms with Crippen LogP contribution in [0.1, 0.15) is 17.5 Å². The van der Waals surface area contributed by atoms with Crippen LogP contribution in [0.5, 0.6) is 0 Å². The molecule has 0 aromatic heterocycles. The molecule has 0 spiro atoms. The number of β-amino-alcohol motifs (C(OH)–C–C–N with tert-alkyl or cyclic N) is 1. The molecule has 1 atom stereocenters. The van der Waals surface area contributed by atoms with E-state index >= 15 is 0 Å². The first-order chi connectivity index (χ1) is 12.5. The summed E-state index contributed by atoms with van der Waals surface area (Å²) in [6.45, 7) is 3.21. The molecule has 8 heteroatoms. The fourth-order valence-corrected chi connectivity index (χ4v) is 4.70. The summed E-state index contributed by atoms with van der Waals surface area (Å²) in [5.74, 6) is 1.02. The number of aryl methyl sites for hydroxylation is 1. The molecule has 2 aromatic carbocycles. The van der Waals surface area contributed by atoms with Gasteiger partial charge in [-0.2, -0.15) is 0 Å². The lowest BCUT2D eigenvalue weighted by atomic mass is 10.0. The van der Waals surface area contributed by atoms with Gasteiger partial charge in [-0.1, -0.05) is 17.7 Å². The van der Waals surface area contributed by atoms with Crippen LogP contribution < -0.4 is 21.9 Å². The Morgan fingerprint density at radius 2 is 1.85 bits per heavy atom. The van der Waals surface area contributed by atoms with Gasteiger partial charge in [-0.3, -0.25) is 10.1 Å². The van der Waals surface area contributed by atoms with E-state index in [2.05, 4.69) is 36.1 Å². The lowest BCUT2D eigenvalue weighted by Crippen LogP contribution is -3.00. The highest BCUT2D eigenvalue weighted by molar-refractivity contribution is 8.13. The van der Waals surface area contributed by atoms with Gasteiger partial charge in [-0.05, 0) is 49.4 Å². The summed E-state index contributed by atoms with van der Waals surface area (Å²) >= 11 is 1.75. The largest absolute Gasteiger partial charge is 1.00 e. The zero-order valence-electron chi connectivity index (χ0n) is 14.8. The molecule has 1 N–H and O–H groups in total. The average molecular weight is 450 g/mol. The Hall–Kier alpha value is -1.90. The zero-order chi connectivity index (χ0) is 18.3. The van der Waals surface area contributed by atoms with E-state index in [4.69, 9.17) is 0 Å². The van der Waals surface area contributed by atoms with Crippen molar-refractivity contribution in [3.63, 3.8) is 0 Å². The van der Waals surface area contributed by atoms with Crippen molar-refractivity contribution in [2.45, 2.75) is 19.1 Å². The second-order valence-electron chi connectivity index (χ2n) is 6.68. The molecule has 0 radical (unpaired) electrons. The van der Waals surface area contributed by atoms with Gasteiger partial charge < -0.3 is 22.1 Å². The molecule has 1 unspecified atom stereocenters. The van der Waals surface area contributed by atoms with Gasteiger partial charge in [0.1, 0.15) is 5.69 Å². The lowest BCUT2D eigenvalue weighted by molar-refractivity contribution is -0.656. The number of halogens is 1.